The first-order valence-electron chi connectivity index (χ1n) is 9.22. The fourth-order valence-electron chi connectivity index (χ4n) is 3.77. The van der Waals surface area contributed by atoms with Crippen molar-refractivity contribution < 1.29 is 14.3 Å². The van der Waals surface area contributed by atoms with Crippen LogP contribution >= 0.6 is 0 Å². The Kier molecular flexibility index (Phi) is 4.66. The molecule has 0 bridgehead atoms. The summed E-state index contributed by atoms with van der Waals surface area (Å²) in [5.74, 6) is 0.404. The summed E-state index contributed by atoms with van der Waals surface area (Å²) in [5, 5.41) is 5.66. The molecule has 1 aliphatic carbocycles. The minimum absolute atomic E-state index is 0.160. The Labute approximate surface area is 158 Å². The number of amides is 2. The van der Waals surface area contributed by atoms with E-state index in [0.29, 0.717) is 42.7 Å². The summed E-state index contributed by atoms with van der Waals surface area (Å²) in [6, 6.07) is 11.7. The number of hydrogen-bond acceptors (Lipinski definition) is 4. The molecule has 4 rings (SSSR count). The Balaban J connectivity index is 1.58. The maximum Gasteiger partial charge on any atom is 0.269 e. The van der Waals surface area contributed by atoms with Gasteiger partial charge in [0.2, 0.25) is 0 Å². The first kappa shape index (κ1) is 17.7. The Morgan fingerprint density at radius 3 is 2.63 bits per heavy atom. The maximum absolute atomic E-state index is 12.7. The largest absolute Gasteiger partial charge is 0.381 e. The molecule has 2 aromatic rings. The van der Waals surface area contributed by atoms with Crippen LogP contribution in [0, 0.1) is 18.8 Å². The van der Waals surface area contributed by atoms with Crippen molar-refractivity contribution in [2.75, 3.05) is 20.3 Å². The van der Waals surface area contributed by atoms with Crippen LogP contribution in [0.15, 0.2) is 36.4 Å². The number of hydrogen-bond donors (Lipinski definition) is 2. The molecule has 3 atom stereocenters. The van der Waals surface area contributed by atoms with E-state index in [1.165, 1.54) is 0 Å². The molecular weight excluding hydrogens is 342 g/mol. The van der Waals surface area contributed by atoms with Gasteiger partial charge in [-0.3, -0.25) is 9.59 Å². The van der Waals surface area contributed by atoms with Crippen molar-refractivity contribution in [2.24, 2.45) is 11.8 Å². The van der Waals surface area contributed by atoms with Crippen molar-refractivity contribution >= 4 is 11.8 Å². The topological polar surface area (TPSA) is 80.3 Å². The van der Waals surface area contributed by atoms with Crippen LogP contribution in [0.5, 0.6) is 0 Å². The number of rotatable bonds is 5. The molecule has 140 valence electrons. The van der Waals surface area contributed by atoms with Crippen molar-refractivity contribution in [1.29, 1.82) is 0 Å². The van der Waals surface area contributed by atoms with Crippen LogP contribution in [0.4, 0.5) is 0 Å². The first-order valence-corrected chi connectivity index (χ1v) is 9.22. The van der Waals surface area contributed by atoms with Crippen LogP contribution in [-0.4, -0.2) is 43.1 Å². The molecule has 2 fully saturated rings. The Morgan fingerprint density at radius 1 is 1.15 bits per heavy atom. The van der Waals surface area contributed by atoms with Crippen LogP contribution in [0.1, 0.15) is 37.7 Å². The number of aryl methyl sites for hydroxylation is 1. The van der Waals surface area contributed by atoms with Gasteiger partial charge in [-0.2, -0.15) is 0 Å². The lowest BCUT2D eigenvalue weighted by atomic mass is 10.0. The van der Waals surface area contributed by atoms with Gasteiger partial charge in [0.25, 0.3) is 11.8 Å². The summed E-state index contributed by atoms with van der Waals surface area (Å²) in [4.78, 5) is 29.3. The SMILES string of the molecule is CNC(=O)c1cc(C(=O)N[C@H]2[C@@H]3COC[C@@H]32)cc(Cc2cccc(C)c2)n1. The number of carbonyl (C=O) groups is 2. The molecule has 0 radical (unpaired) electrons. The van der Waals surface area contributed by atoms with E-state index in [2.05, 4.69) is 21.7 Å². The molecule has 1 aromatic carbocycles. The fraction of sp³-hybridized carbons (Fsp3) is 0.381. The summed E-state index contributed by atoms with van der Waals surface area (Å²) in [6.45, 7) is 3.47. The zero-order chi connectivity index (χ0) is 19.0. The molecule has 1 aliphatic heterocycles. The second-order valence-corrected chi connectivity index (χ2v) is 7.34. The van der Waals surface area contributed by atoms with E-state index in [-0.39, 0.29) is 23.6 Å². The zero-order valence-electron chi connectivity index (χ0n) is 15.5. The average Bonchev–Trinajstić information content (AvgIpc) is 3.08. The minimum Gasteiger partial charge on any atom is -0.381 e. The summed E-state index contributed by atoms with van der Waals surface area (Å²) in [7, 11) is 1.56. The van der Waals surface area contributed by atoms with Gasteiger partial charge in [-0.1, -0.05) is 29.8 Å². The molecular formula is C21H23N3O3. The minimum atomic E-state index is -0.299. The molecule has 2 aliphatic rings. The van der Waals surface area contributed by atoms with Gasteiger partial charge in [-0.05, 0) is 24.6 Å². The zero-order valence-corrected chi connectivity index (χ0v) is 15.5. The third kappa shape index (κ3) is 3.71. The normalized spacial score (nSPS) is 22.8. The standard InChI is InChI=1S/C21H23N3O3/c1-12-4-3-5-13(6-12)7-15-8-14(9-18(23-15)21(26)22-2)20(25)24-19-16-10-27-11-17(16)19/h3-6,8-9,16-17,19H,7,10-11H2,1-2H3,(H,22,26)(H,24,25)/t16-,17+,19+. The molecule has 1 saturated carbocycles. The fourth-order valence-corrected chi connectivity index (χ4v) is 3.77. The maximum atomic E-state index is 12.7. The molecule has 27 heavy (non-hydrogen) atoms. The van der Waals surface area contributed by atoms with Gasteiger partial charge in [0, 0.05) is 42.6 Å². The molecule has 6 nitrogen and oxygen atoms in total. The highest BCUT2D eigenvalue weighted by Gasteiger charge is 2.54. The van der Waals surface area contributed by atoms with E-state index in [4.69, 9.17) is 4.74 Å². The lowest BCUT2D eigenvalue weighted by Gasteiger charge is -2.11. The van der Waals surface area contributed by atoms with E-state index in [0.717, 1.165) is 11.1 Å². The monoisotopic (exact) mass is 365 g/mol. The number of pyridine rings is 1. The van der Waals surface area contributed by atoms with Gasteiger partial charge in [0.05, 0.1) is 13.2 Å². The quantitative estimate of drug-likeness (QED) is 0.845. The van der Waals surface area contributed by atoms with E-state index in [9.17, 15) is 9.59 Å². The Hall–Kier alpha value is -2.73. The van der Waals surface area contributed by atoms with Gasteiger partial charge >= 0.3 is 0 Å². The van der Waals surface area contributed by atoms with Crippen molar-refractivity contribution in [1.82, 2.24) is 15.6 Å². The predicted octanol–water partition coefficient (Wildman–Crippen LogP) is 1.72. The third-order valence-electron chi connectivity index (χ3n) is 5.32. The van der Waals surface area contributed by atoms with Crippen LogP contribution < -0.4 is 10.6 Å². The number of nitrogens with one attached hydrogen (secondary N) is 2. The third-order valence-corrected chi connectivity index (χ3v) is 5.32. The number of aromatic nitrogens is 1. The lowest BCUT2D eigenvalue weighted by Crippen LogP contribution is -2.30. The van der Waals surface area contributed by atoms with Gasteiger partial charge in [-0.15, -0.1) is 0 Å². The molecule has 0 unspecified atom stereocenters. The van der Waals surface area contributed by atoms with Crippen LogP contribution in [0.3, 0.4) is 0 Å². The average molecular weight is 365 g/mol. The highest BCUT2D eigenvalue weighted by molar-refractivity contribution is 5.98. The number of ether oxygens (including phenoxy) is 1. The van der Waals surface area contributed by atoms with Crippen molar-refractivity contribution in [3.8, 4) is 0 Å². The highest BCUT2D eigenvalue weighted by atomic mass is 16.5. The summed E-state index contributed by atoms with van der Waals surface area (Å²) >= 11 is 0. The second-order valence-electron chi connectivity index (χ2n) is 7.34. The number of carbonyl (C=O) groups excluding carboxylic acids is 2. The molecule has 2 N–H and O–H groups in total. The van der Waals surface area contributed by atoms with Crippen LogP contribution in [-0.2, 0) is 11.2 Å². The van der Waals surface area contributed by atoms with Crippen molar-refractivity contribution in [3.05, 3.63) is 64.5 Å². The summed E-state index contributed by atoms with van der Waals surface area (Å²) < 4.78 is 5.37. The number of fused-ring (bicyclic) bond motifs is 1. The van der Waals surface area contributed by atoms with Crippen molar-refractivity contribution in [2.45, 2.75) is 19.4 Å². The Bertz CT molecular complexity index is 886. The molecule has 0 spiro atoms. The second kappa shape index (κ2) is 7.12. The smallest absolute Gasteiger partial charge is 0.269 e. The molecule has 1 saturated heterocycles. The van der Waals surface area contributed by atoms with Crippen molar-refractivity contribution in [3.63, 3.8) is 0 Å². The molecule has 2 amide bonds. The van der Waals surface area contributed by atoms with Gasteiger partial charge < -0.3 is 15.4 Å². The van der Waals surface area contributed by atoms with E-state index in [1.54, 1.807) is 19.2 Å². The molecule has 2 heterocycles. The number of nitrogens with zero attached hydrogens (tertiary/aromatic N) is 1. The van der Waals surface area contributed by atoms with Gasteiger partial charge in [0.15, 0.2) is 0 Å². The van der Waals surface area contributed by atoms with Gasteiger partial charge in [0.1, 0.15) is 5.69 Å². The molecule has 6 heteroatoms. The van der Waals surface area contributed by atoms with Crippen LogP contribution in [0.2, 0.25) is 0 Å². The van der Waals surface area contributed by atoms with Crippen LogP contribution in [0.25, 0.3) is 0 Å². The van der Waals surface area contributed by atoms with E-state index >= 15 is 0 Å². The van der Waals surface area contributed by atoms with E-state index in [1.807, 2.05) is 25.1 Å². The number of benzene rings is 1. The highest BCUT2D eigenvalue weighted by Crippen LogP contribution is 2.44. The first-order chi connectivity index (χ1) is 13.0. The van der Waals surface area contributed by atoms with Gasteiger partial charge in [-0.25, -0.2) is 4.98 Å². The predicted molar refractivity (Wildman–Crippen MR) is 101 cm³/mol. The summed E-state index contributed by atoms with van der Waals surface area (Å²) in [6.07, 6.45) is 0.565. The summed E-state index contributed by atoms with van der Waals surface area (Å²) in [5.41, 5.74) is 3.68. The molecule has 1 aromatic heterocycles. The van der Waals surface area contributed by atoms with E-state index < -0.39 is 0 Å². The lowest BCUT2D eigenvalue weighted by molar-refractivity contribution is 0.0928. The Morgan fingerprint density at radius 2 is 1.93 bits per heavy atom.